The van der Waals surface area contributed by atoms with Crippen molar-refractivity contribution < 1.29 is 4.79 Å². The van der Waals surface area contributed by atoms with Crippen molar-refractivity contribution in [1.29, 1.82) is 0 Å². The first-order valence-electron chi connectivity index (χ1n) is 4.19. The highest BCUT2D eigenvalue weighted by molar-refractivity contribution is 9.10. The fraction of sp³-hybridized carbons (Fsp3) is 0.111. The van der Waals surface area contributed by atoms with Crippen LogP contribution >= 0.6 is 15.9 Å². The summed E-state index contributed by atoms with van der Waals surface area (Å²) >= 11 is 3.39. The van der Waals surface area contributed by atoms with E-state index in [-0.39, 0.29) is 5.91 Å². The van der Waals surface area contributed by atoms with Gasteiger partial charge >= 0.3 is 0 Å². The molecule has 0 saturated carbocycles. The average molecular weight is 252 g/mol. The Kier molecular flexibility index (Phi) is 1.47. The van der Waals surface area contributed by atoms with Gasteiger partial charge in [-0.3, -0.25) is 9.48 Å². The van der Waals surface area contributed by atoms with E-state index in [0.717, 1.165) is 21.1 Å². The molecular formula is C9H6BrN3O. The van der Waals surface area contributed by atoms with Crippen molar-refractivity contribution in [3.8, 4) is 0 Å². The van der Waals surface area contributed by atoms with Crippen LogP contribution in [0.5, 0.6) is 0 Å². The van der Waals surface area contributed by atoms with Crippen LogP contribution < -0.4 is 5.32 Å². The van der Waals surface area contributed by atoms with Gasteiger partial charge in [0.1, 0.15) is 6.54 Å². The molecule has 0 spiro atoms. The van der Waals surface area contributed by atoms with Gasteiger partial charge in [0.05, 0.1) is 17.4 Å². The van der Waals surface area contributed by atoms with Crippen molar-refractivity contribution in [2.75, 3.05) is 5.32 Å². The quantitative estimate of drug-likeness (QED) is 0.776. The van der Waals surface area contributed by atoms with Gasteiger partial charge in [-0.05, 0) is 12.1 Å². The van der Waals surface area contributed by atoms with E-state index in [9.17, 15) is 4.79 Å². The zero-order valence-corrected chi connectivity index (χ0v) is 8.71. The molecule has 1 amide bonds. The van der Waals surface area contributed by atoms with Gasteiger partial charge in [0.25, 0.3) is 0 Å². The van der Waals surface area contributed by atoms with Gasteiger partial charge in [0, 0.05) is 9.86 Å². The molecule has 0 saturated heterocycles. The van der Waals surface area contributed by atoms with Crippen LogP contribution in [0.2, 0.25) is 0 Å². The monoisotopic (exact) mass is 251 g/mol. The van der Waals surface area contributed by atoms with Gasteiger partial charge in [0.2, 0.25) is 5.91 Å². The first kappa shape index (κ1) is 7.99. The van der Waals surface area contributed by atoms with Crippen LogP contribution in [0.4, 0.5) is 5.69 Å². The third-order valence-corrected chi connectivity index (χ3v) is 2.72. The molecule has 2 heterocycles. The molecule has 0 bridgehead atoms. The number of halogens is 1. The second-order valence-electron chi connectivity index (χ2n) is 3.24. The molecule has 0 atom stereocenters. The molecule has 14 heavy (non-hydrogen) atoms. The molecule has 0 aliphatic carbocycles. The van der Waals surface area contributed by atoms with Crippen molar-refractivity contribution >= 4 is 38.4 Å². The summed E-state index contributed by atoms with van der Waals surface area (Å²) in [6, 6.07) is 3.87. The molecular weight excluding hydrogens is 246 g/mol. The molecule has 4 nitrogen and oxygen atoms in total. The van der Waals surface area contributed by atoms with Crippen molar-refractivity contribution in [1.82, 2.24) is 9.78 Å². The van der Waals surface area contributed by atoms with E-state index in [2.05, 4.69) is 26.3 Å². The lowest BCUT2D eigenvalue weighted by Crippen LogP contribution is -2.24. The lowest BCUT2D eigenvalue weighted by atomic mass is 10.2. The summed E-state index contributed by atoms with van der Waals surface area (Å²) in [5.41, 5.74) is 1.82. The van der Waals surface area contributed by atoms with Crippen molar-refractivity contribution in [3.63, 3.8) is 0 Å². The third-order valence-electron chi connectivity index (χ3n) is 2.27. The van der Waals surface area contributed by atoms with E-state index in [1.807, 2.05) is 12.1 Å². The normalized spacial score (nSPS) is 14.5. The number of rotatable bonds is 0. The summed E-state index contributed by atoms with van der Waals surface area (Å²) < 4.78 is 2.66. The van der Waals surface area contributed by atoms with E-state index in [1.165, 1.54) is 0 Å². The molecule has 1 aliphatic rings. The van der Waals surface area contributed by atoms with Crippen molar-refractivity contribution in [3.05, 3.63) is 22.8 Å². The Labute approximate surface area is 88.0 Å². The maximum Gasteiger partial charge on any atom is 0.246 e. The third kappa shape index (κ3) is 0.988. The Morgan fingerprint density at radius 1 is 1.50 bits per heavy atom. The van der Waals surface area contributed by atoms with Crippen LogP contribution in [0.3, 0.4) is 0 Å². The molecule has 1 aromatic heterocycles. The molecule has 70 valence electrons. The summed E-state index contributed by atoms with van der Waals surface area (Å²) in [5, 5.41) is 8.01. The highest BCUT2D eigenvalue weighted by Crippen LogP contribution is 2.30. The smallest absolute Gasteiger partial charge is 0.246 e. The number of benzene rings is 1. The summed E-state index contributed by atoms with van der Waals surface area (Å²) in [4.78, 5) is 11.3. The average Bonchev–Trinajstić information content (AvgIpc) is 2.48. The molecule has 1 aromatic carbocycles. The molecule has 0 unspecified atom stereocenters. The maximum absolute atomic E-state index is 11.3. The highest BCUT2D eigenvalue weighted by atomic mass is 79.9. The van der Waals surface area contributed by atoms with Crippen LogP contribution in [-0.2, 0) is 11.3 Å². The van der Waals surface area contributed by atoms with Gasteiger partial charge in [-0.25, -0.2) is 0 Å². The van der Waals surface area contributed by atoms with Gasteiger partial charge < -0.3 is 5.32 Å². The van der Waals surface area contributed by atoms with Crippen LogP contribution in [0.1, 0.15) is 0 Å². The van der Waals surface area contributed by atoms with Crippen molar-refractivity contribution in [2.24, 2.45) is 0 Å². The number of nitrogens with one attached hydrogen (secondary N) is 1. The minimum Gasteiger partial charge on any atom is -0.323 e. The second kappa shape index (κ2) is 2.57. The van der Waals surface area contributed by atoms with E-state index in [0.29, 0.717) is 6.54 Å². The zero-order chi connectivity index (χ0) is 9.71. The van der Waals surface area contributed by atoms with E-state index in [1.54, 1.807) is 10.9 Å². The Morgan fingerprint density at radius 2 is 2.36 bits per heavy atom. The van der Waals surface area contributed by atoms with E-state index < -0.39 is 0 Å². The van der Waals surface area contributed by atoms with E-state index >= 15 is 0 Å². The fourth-order valence-corrected chi connectivity index (χ4v) is 2.21. The molecule has 0 radical (unpaired) electrons. The lowest BCUT2D eigenvalue weighted by Gasteiger charge is -2.15. The first-order valence-corrected chi connectivity index (χ1v) is 4.98. The molecule has 3 rings (SSSR count). The number of amides is 1. The highest BCUT2D eigenvalue weighted by Gasteiger charge is 2.18. The predicted octanol–water partition coefficient (Wildman–Crippen LogP) is 1.75. The predicted molar refractivity (Wildman–Crippen MR) is 56.1 cm³/mol. The number of nitrogens with zero attached hydrogens (tertiary/aromatic N) is 2. The largest absolute Gasteiger partial charge is 0.323 e. The molecule has 1 N–H and O–H groups in total. The van der Waals surface area contributed by atoms with Gasteiger partial charge in [-0.1, -0.05) is 15.9 Å². The molecule has 0 fully saturated rings. The lowest BCUT2D eigenvalue weighted by molar-refractivity contribution is -0.117. The standard InChI is InChI=1S/C9H6BrN3O/c10-6-1-5-3-11-13-4-8(14)12-7(2-6)9(5)13/h1-3H,4H2,(H,12,14). The zero-order valence-electron chi connectivity index (χ0n) is 7.12. The molecule has 2 aromatic rings. The van der Waals surface area contributed by atoms with Crippen LogP contribution in [-0.4, -0.2) is 15.7 Å². The van der Waals surface area contributed by atoms with Gasteiger partial charge in [-0.15, -0.1) is 0 Å². The minimum absolute atomic E-state index is 0.0272. The minimum atomic E-state index is -0.0272. The summed E-state index contributed by atoms with van der Waals surface area (Å²) in [6.45, 7) is 0.304. The van der Waals surface area contributed by atoms with E-state index in [4.69, 9.17) is 0 Å². The summed E-state index contributed by atoms with van der Waals surface area (Å²) in [5.74, 6) is -0.0272. The maximum atomic E-state index is 11.3. The second-order valence-corrected chi connectivity index (χ2v) is 4.16. The molecule has 1 aliphatic heterocycles. The number of carbonyl (C=O) groups excluding carboxylic acids is 1. The Hall–Kier alpha value is -1.36. The van der Waals surface area contributed by atoms with Gasteiger partial charge in [0.15, 0.2) is 0 Å². The summed E-state index contributed by atoms with van der Waals surface area (Å²) in [6.07, 6.45) is 1.77. The Bertz CT molecular complexity index is 546. The number of hydrogen-bond donors (Lipinski definition) is 1. The Morgan fingerprint density at radius 3 is 3.21 bits per heavy atom. The Balaban J connectivity index is 2.43. The number of hydrogen-bond acceptors (Lipinski definition) is 2. The van der Waals surface area contributed by atoms with Crippen LogP contribution in [0, 0.1) is 0 Å². The first-order chi connectivity index (χ1) is 6.74. The topological polar surface area (TPSA) is 46.9 Å². The van der Waals surface area contributed by atoms with Crippen LogP contribution in [0.15, 0.2) is 22.8 Å². The summed E-state index contributed by atoms with van der Waals surface area (Å²) in [7, 11) is 0. The molecule has 5 heteroatoms. The van der Waals surface area contributed by atoms with Gasteiger partial charge in [-0.2, -0.15) is 5.10 Å². The number of anilines is 1. The van der Waals surface area contributed by atoms with Crippen LogP contribution in [0.25, 0.3) is 10.9 Å². The SMILES string of the molecule is O=C1Cn2ncc3cc(Br)cc(c32)N1. The number of aromatic nitrogens is 2. The fourth-order valence-electron chi connectivity index (χ4n) is 1.74. The van der Waals surface area contributed by atoms with Crippen molar-refractivity contribution in [2.45, 2.75) is 6.54 Å². The number of carbonyl (C=O) groups is 1.